The van der Waals surface area contributed by atoms with Gasteiger partial charge in [-0.3, -0.25) is 14.4 Å². The molecule has 160 valence electrons. The minimum atomic E-state index is -4.07. The predicted molar refractivity (Wildman–Crippen MR) is 109 cm³/mol. The third-order valence-electron chi connectivity index (χ3n) is 5.46. The lowest BCUT2D eigenvalue weighted by Crippen LogP contribution is -2.49. The second kappa shape index (κ2) is 8.31. The lowest BCUT2D eigenvalue weighted by atomic mass is 10.1. The Morgan fingerprint density at radius 2 is 1.63 bits per heavy atom. The average Bonchev–Trinajstić information content (AvgIpc) is 3.54. The molecule has 0 radical (unpaired) electrons. The molecule has 0 unspecified atom stereocenters. The molecular formula is C21H23F2N3O3S. The first-order chi connectivity index (χ1) is 14.3. The first kappa shape index (κ1) is 20.7. The predicted octanol–water partition coefficient (Wildman–Crippen LogP) is 2.93. The summed E-state index contributed by atoms with van der Waals surface area (Å²) in [4.78, 5) is 16.5. The van der Waals surface area contributed by atoms with Gasteiger partial charge in [-0.25, -0.2) is 17.2 Å². The van der Waals surface area contributed by atoms with E-state index in [1.165, 1.54) is 25.0 Å². The van der Waals surface area contributed by atoms with E-state index < -0.39 is 21.7 Å². The van der Waals surface area contributed by atoms with E-state index in [1.54, 1.807) is 12.1 Å². The highest BCUT2D eigenvalue weighted by Gasteiger charge is 2.28. The van der Waals surface area contributed by atoms with Crippen molar-refractivity contribution >= 4 is 21.6 Å². The van der Waals surface area contributed by atoms with Gasteiger partial charge in [0, 0.05) is 44.0 Å². The van der Waals surface area contributed by atoms with E-state index in [9.17, 15) is 22.0 Å². The van der Waals surface area contributed by atoms with Crippen LogP contribution >= 0.6 is 0 Å². The maximum absolute atomic E-state index is 13.3. The number of halogens is 2. The molecule has 1 aliphatic heterocycles. The quantitative estimate of drug-likeness (QED) is 0.758. The zero-order valence-corrected chi connectivity index (χ0v) is 17.2. The van der Waals surface area contributed by atoms with Crippen molar-refractivity contribution in [2.75, 3.05) is 37.4 Å². The van der Waals surface area contributed by atoms with Gasteiger partial charge in [0.1, 0.15) is 0 Å². The Morgan fingerprint density at radius 3 is 2.23 bits per heavy atom. The molecule has 6 nitrogen and oxygen atoms in total. The van der Waals surface area contributed by atoms with Crippen molar-refractivity contribution in [2.45, 2.75) is 17.7 Å². The van der Waals surface area contributed by atoms with Crippen LogP contribution in [-0.4, -0.2) is 56.8 Å². The molecule has 1 saturated heterocycles. The first-order valence-corrected chi connectivity index (χ1v) is 11.4. The second-order valence-electron chi connectivity index (χ2n) is 7.79. The molecule has 4 rings (SSSR count). The van der Waals surface area contributed by atoms with Gasteiger partial charge in [-0.05, 0) is 61.2 Å². The van der Waals surface area contributed by atoms with E-state index in [0.29, 0.717) is 24.7 Å². The number of nitrogens with one attached hydrogen (secondary N) is 1. The van der Waals surface area contributed by atoms with Gasteiger partial charge in [-0.15, -0.1) is 0 Å². The molecule has 1 aliphatic carbocycles. The van der Waals surface area contributed by atoms with Gasteiger partial charge < -0.3 is 4.90 Å². The number of carbonyl (C=O) groups is 1. The highest BCUT2D eigenvalue weighted by atomic mass is 32.2. The minimum Gasteiger partial charge on any atom is -0.336 e. The van der Waals surface area contributed by atoms with Gasteiger partial charge in [0.2, 0.25) is 0 Å². The van der Waals surface area contributed by atoms with E-state index in [-0.39, 0.29) is 16.5 Å². The fourth-order valence-corrected chi connectivity index (χ4v) is 4.59. The van der Waals surface area contributed by atoms with Crippen LogP contribution in [-0.2, 0) is 10.0 Å². The summed E-state index contributed by atoms with van der Waals surface area (Å²) in [5, 5.41) is 0. The van der Waals surface area contributed by atoms with Crippen molar-refractivity contribution in [2.24, 2.45) is 5.92 Å². The normalized spacial score (nSPS) is 17.7. The van der Waals surface area contributed by atoms with E-state index in [4.69, 9.17) is 0 Å². The Kier molecular flexibility index (Phi) is 5.75. The summed E-state index contributed by atoms with van der Waals surface area (Å²) in [6.07, 6.45) is 2.62. The fourth-order valence-electron chi connectivity index (χ4n) is 3.52. The summed E-state index contributed by atoms with van der Waals surface area (Å²) in [7, 11) is -4.07. The van der Waals surface area contributed by atoms with Gasteiger partial charge in [0.25, 0.3) is 15.9 Å². The Balaban J connectivity index is 1.37. The monoisotopic (exact) mass is 435 g/mol. The zero-order valence-electron chi connectivity index (χ0n) is 16.4. The number of piperazine rings is 1. The van der Waals surface area contributed by atoms with Crippen molar-refractivity contribution in [3.63, 3.8) is 0 Å². The van der Waals surface area contributed by atoms with Gasteiger partial charge in [0.05, 0.1) is 4.90 Å². The lowest BCUT2D eigenvalue weighted by Gasteiger charge is -2.34. The van der Waals surface area contributed by atoms with Gasteiger partial charge in [-0.2, -0.15) is 0 Å². The molecule has 9 heteroatoms. The van der Waals surface area contributed by atoms with Gasteiger partial charge in [-0.1, -0.05) is 0 Å². The van der Waals surface area contributed by atoms with Crippen LogP contribution in [0.3, 0.4) is 0 Å². The number of nitrogens with zero attached hydrogens (tertiary/aromatic N) is 2. The largest absolute Gasteiger partial charge is 0.336 e. The highest BCUT2D eigenvalue weighted by molar-refractivity contribution is 7.92. The number of anilines is 1. The van der Waals surface area contributed by atoms with E-state index >= 15 is 0 Å². The van der Waals surface area contributed by atoms with Crippen LogP contribution in [0.5, 0.6) is 0 Å². The van der Waals surface area contributed by atoms with Gasteiger partial charge >= 0.3 is 0 Å². The SMILES string of the molecule is O=C(c1ccc(NS(=O)(=O)c2ccc(F)c(F)c2)cc1)N1CCN(CC2CC2)CC1. The molecule has 1 heterocycles. The maximum atomic E-state index is 13.3. The van der Waals surface area contributed by atoms with E-state index in [0.717, 1.165) is 37.7 Å². The van der Waals surface area contributed by atoms with Crippen molar-refractivity contribution < 1.29 is 22.0 Å². The number of rotatable bonds is 6. The average molecular weight is 435 g/mol. The summed E-state index contributed by atoms with van der Waals surface area (Å²) in [5.41, 5.74) is 0.701. The molecule has 2 aromatic rings. The summed E-state index contributed by atoms with van der Waals surface area (Å²) in [6, 6.07) is 8.45. The van der Waals surface area contributed by atoms with Crippen LogP contribution in [0, 0.1) is 17.6 Å². The van der Waals surface area contributed by atoms with Crippen LogP contribution in [0.1, 0.15) is 23.2 Å². The van der Waals surface area contributed by atoms with E-state index in [2.05, 4.69) is 9.62 Å². The molecule has 0 spiro atoms. The molecule has 1 amide bonds. The van der Waals surface area contributed by atoms with Crippen LogP contribution < -0.4 is 4.72 Å². The second-order valence-corrected chi connectivity index (χ2v) is 9.48. The Bertz CT molecular complexity index is 1030. The number of hydrogen-bond acceptors (Lipinski definition) is 4. The van der Waals surface area contributed by atoms with Crippen molar-refractivity contribution in [3.05, 3.63) is 59.7 Å². The number of benzene rings is 2. The zero-order chi connectivity index (χ0) is 21.3. The number of sulfonamides is 1. The number of amides is 1. The molecule has 0 bridgehead atoms. The molecule has 2 fully saturated rings. The van der Waals surface area contributed by atoms with Crippen molar-refractivity contribution in [3.8, 4) is 0 Å². The summed E-state index contributed by atoms with van der Waals surface area (Å²) < 4.78 is 53.4. The summed E-state index contributed by atoms with van der Waals surface area (Å²) in [5.74, 6) is -1.62. The third-order valence-corrected chi connectivity index (χ3v) is 6.84. The van der Waals surface area contributed by atoms with Crippen molar-refractivity contribution in [1.29, 1.82) is 0 Å². The molecule has 0 atom stereocenters. The van der Waals surface area contributed by atoms with E-state index in [1.807, 2.05) is 4.90 Å². The fraction of sp³-hybridized carbons (Fsp3) is 0.381. The Labute approximate surface area is 174 Å². The molecule has 2 aromatic carbocycles. The topological polar surface area (TPSA) is 69.7 Å². The van der Waals surface area contributed by atoms with Crippen LogP contribution in [0.15, 0.2) is 47.4 Å². The maximum Gasteiger partial charge on any atom is 0.261 e. The van der Waals surface area contributed by atoms with Crippen LogP contribution in [0.25, 0.3) is 0 Å². The van der Waals surface area contributed by atoms with Crippen LogP contribution in [0.4, 0.5) is 14.5 Å². The van der Waals surface area contributed by atoms with Crippen molar-refractivity contribution in [1.82, 2.24) is 9.80 Å². The van der Waals surface area contributed by atoms with Crippen LogP contribution in [0.2, 0.25) is 0 Å². The summed E-state index contributed by atoms with van der Waals surface area (Å²) >= 11 is 0. The minimum absolute atomic E-state index is 0.0870. The molecular weight excluding hydrogens is 412 g/mol. The smallest absolute Gasteiger partial charge is 0.261 e. The molecule has 1 saturated carbocycles. The molecule has 1 N–H and O–H groups in total. The van der Waals surface area contributed by atoms with Gasteiger partial charge in [0.15, 0.2) is 11.6 Å². The Morgan fingerprint density at radius 1 is 0.967 bits per heavy atom. The standard InChI is InChI=1S/C21H23F2N3O3S/c22-19-8-7-18(13-20(19)23)30(28,29)24-17-5-3-16(4-6-17)21(27)26-11-9-25(10-12-26)14-15-1-2-15/h3-8,13,15,24H,1-2,9-12,14H2. The third kappa shape index (κ3) is 4.79. The number of carbonyl (C=O) groups excluding carboxylic acids is 1. The lowest BCUT2D eigenvalue weighted by molar-refractivity contribution is 0.0632. The molecule has 2 aliphatic rings. The Hall–Kier alpha value is -2.52. The molecule has 30 heavy (non-hydrogen) atoms. The first-order valence-electron chi connectivity index (χ1n) is 9.91. The highest BCUT2D eigenvalue weighted by Crippen LogP contribution is 2.30. The molecule has 0 aromatic heterocycles. The number of hydrogen-bond donors (Lipinski definition) is 1. The summed E-state index contributed by atoms with van der Waals surface area (Å²) in [6.45, 7) is 4.21.